The summed E-state index contributed by atoms with van der Waals surface area (Å²) in [7, 11) is 0. The monoisotopic (exact) mass is 336 g/mol. The number of rotatable bonds is 5. The van der Waals surface area contributed by atoms with Crippen LogP contribution in [0.5, 0.6) is 5.75 Å². The molecule has 0 spiro atoms. The summed E-state index contributed by atoms with van der Waals surface area (Å²) in [5.74, 6) is 2.36. The van der Waals surface area contributed by atoms with E-state index in [2.05, 4.69) is 10.2 Å². The van der Waals surface area contributed by atoms with Gasteiger partial charge < -0.3 is 15.2 Å². The van der Waals surface area contributed by atoms with Crippen LogP contribution in [0.25, 0.3) is 0 Å². The highest BCUT2D eigenvalue weighted by atomic mass is 32.2. The molecule has 23 heavy (non-hydrogen) atoms. The Morgan fingerprint density at radius 1 is 1.35 bits per heavy atom. The second-order valence-corrected chi connectivity index (χ2v) is 7.31. The minimum atomic E-state index is -0.0314. The van der Waals surface area contributed by atoms with E-state index in [-0.39, 0.29) is 23.6 Å². The van der Waals surface area contributed by atoms with Crippen molar-refractivity contribution in [1.82, 2.24) is 10.2 Å². The fourth-order valence-corrected chi connectivity index (χ4v) is 4.77. The van der Waals surface area contributed by atoms with E-state index in [1.165, 1.54) is 0 Å². The van der Waals surface area contributed by atoms with Crippen LogP contribution < -0.4 is 5.32 Å². The number of carbonyl (C=O) groups excluding carboxylic acids is 1. The highest BCUT2D eigenvalue weighted by Gasteiger charge is 2.40. The van der Waals surface area contributed by atoms with E-state index in [9.17, 15) is 9.90 Å². The van der Waals surface area contributed by atoms with Crippen LogP contribution in [0.2, 0.25) is 0 Å². The Balaban J connectivity index is 1.58. The van der Waals surface area contributed by atoms with Crippen LogP contribution >= 0.6 is 11.8 Å². The quantitative estimate of drug-likeness (QED) is 0.848. The van der Waals surface area contributed by atoms with E-state index in [1.54, 1.807) is 18.2 Å². The number of phenols is 1. The van der Waals surface area contributed by atoms with Crippen LogP contribution in [-0.4, -0.2) is 65.8 Å². The van der Waals surface area contributed by atoms with E-state index < -0.39 is 0 Å². The number of phenolic OH excluding ortho intramolecular Hbond substituents is 1. The molecule has 2 aliphatic heterocycles. The van der Waals surface area contributed by atoms with E-state index in [0.717, 1.165) is 44.2 Å². The molecule has 0 aliphatic carbocycles. The first-order valence-corrected chi connectivity index (χ1v) is 9.29. The van der Waals surface area contributed by atoms with E-state index in [4.69, 9.17) is 4.74 Å². The van der Waals surface area contributed by atoms with E-state index in [1.807, 2.05) is 17.8 Å². The number of ether oxygens (including phenoxy) is 1. The molecule has 0 bridgehead atoms. The summed E-state index contributed by atoms with van der Waals surface area (Å²) in [6.45, 7) is 4.11. The van der Waals surface area contributed by atoms with Crippen LogP contribution in [0, 0.1) is 0 Å². The summed E-state index contributed by atoms with van der Waals surface area (Å²) in [5.41, 5.74) is 0.731. The molecule has 1 atom stereocenters. The molecule has 2 heterocycles. The Morgan fingerprint density at radius 2 is 2.13 bits per heavy atom. The highest BCUT2D eigenvalue weighted by molar-refractivity contribution is 7.99. The molecule has 1 amide bonds. The predicted octanol–water partition coefficient (Wildman–Crippen LogP) is 1.26. The summed E-state index contributed by atoms with van der Waals surface area (Å²) in [6.07, 6.45) is 1.33. The summed E-state index contributed by atoms with van der Waals surface area (Å²) < 4.78 is 5.46. The number of nitrogens with one attached hydrogen (secondary N) is 1. The van der Waals surface area contributed by atoms with Crippen molar-refractivity contribution in [3.8, 4) is 5.75 Å². The smallest absolute Gasteiger partial charge is 0.224 e. The maximum absolute atomic E-state index is 12.3. The van der Waals surface area contributed by atoms with Crippen molar-refractivity contribution in [2.75, 3.05) is 44.4 Å². The third-order valence-corrected chi connectivity index (χ3v) is 5.96. The van der Waals surface area contributed by atoms with Gasteiger partial charge in [0.1, 0.15) is 5.75 Å². The maximum atomic E-state index is 12.3. The topological polar surface area (TPSA) is 61.8 Å². The molecule has 1 aromatic carbocycles. The number of para-hydroxylation sites is 1. The number of benzene rings is 1. The first-order valence-electron chi connectivity index (χ1n) is 8.14. The zero-order valence-electron chi connectivity index (χ0n) is 13.3. The molecule has 5 nitrogen and oxygen atoms in total. The molecule has 2 fully saturated rings. The molecule has 126 valence electrons. The molecule has 2 saturated heterocycles. The van der Waals surface area contributed by atoms with Gasteiger partial charge >= 0.3 is 0 Å². The Kier molecular flexibility index (Phi) is 5.46. The lowest BCUT2D eigenvalue weighted by molar-refractivity contribution is -0.121. The van der Waals surface area contributed by atoms with Gasteiger partial charge in [0.2, 0.25) is 5.91 Å². The lowest BCUT2D eigenvalue weighted by atomic mass is 9.95. The molecule has 1 aromatic rings. The standard InChI is InChI=1S/C17H24N2O3S/c20-15-4-2-1-3-14(15)11-16(21)18-12-17(5-10-23-13-17)19-6-8-22-9-7-19/h1-4,20H,5-13H2,(H,18,21)/t17-/m0/s1. The van der Waals surface area contributed by atoms with Gasteiger partial charge in [-0.05, 0) is 18.2 Å². The molecular weight excluding hydrogens is 312 g/mol. The largest absolute Gasteiger partial charge is 0.508 e. The van der Waals surface area contributed by atoms with Crippen LogP contribution in [-0.2, 0) is 16.0 Å². The van der Waals surface area contributed by atoms with Gasteiger partial charge in [0.15, 0.2) is 0 Å². The van der Waals surface area contributed by atoms with Gasteiger partial charge in [-0.3, -0.25) is 9.69 Å². The van der Waals surface area contributed by atoms with Crippen molar-refractivity contribution in [3.05, 3.63) is 29.8 Å². The maximum Gasteiger partial charge on any atom is 0.224 e. The second kappa shape index (κ2) is 7.55. The van der Waals surface area contributed by atoms with E-state index in [0.29, 0.717) is 12.1 Å². The zero-order chi connectivity index (χ0) is 16.1. The molecule has 6 heteroatoms. The van der Waals surface area contributed by atoms with Crippen molar-refractivity contribution in [3.63, 3.8) is 0 Å². The number of hydrogen-bond acceptors (Lipinski definition) is 5. The summed E-state index contributed by atoms with van der Waals surface area (Å²) in [4.78, 5) is 14.8. The van der Waals surface area contributed by atoms with Gasteiger partial charge in [-0.2, -0.15) is 11.8 Å². The highest BCUT2D eigenvalue weighted by Crippen LogP contribution is 2.33. The number of morpholine rings is 1. The number of nitrogens with zero attached hydrogens (tertiary/aromatic N) is 1. The average molecular weight is 336 g/mol. The minimum absolute atomic E-state index is 0.0314. The number of thioether (sulfide) groups is 1. The summed E-state index contributed by atoms with van der Waals surface area (Å²) in [5, 5.41) is 12.9. The van der Waals surface area contributed by atoms with Gasteiger partial charge in [-0.15, -0.1) is 0 Å². The molecule has 0 aromatic heterocycles. The van der Waals surface area contributed by atoms with Gasteiger partial charge in [0.25, 0.3) is 0 Å². The third-order valence-electron chi connectivity index (χ3n) is 4.72. The molecule has 0 radical (unpaired) electrons. The van der Waals surface area contributed by atoms with Gasteiger partial charge in [0.05, 0.1) is 19.6 Å². The Hall–Kier alpha value is -1.24. The third kappa shape index (κ3) is 4.00. The molecule has 0 unspecified atom stereocenters. The van der Waals surface area contributed by atoms with Crippen LogP contribution in [0.3, 0.4) is 0 Å². The SMILES string of the molecule is O=C(Cc1ccccc1O)NC[C@@]1(N2CCOCC2)CCSC1. The van der Waals surface area contributed by atoms with Crippen LogP contribution in [0.1, 0.15) is 12.0 Å². The van der Waals surface area contributed by atoms with Crippen LogP contribution in [0.15, 0.2) is 24.3 Å². The average Bonchev–Trinajstić information content (AvgIpc) is 3.06. The minimum Gasteiger partial charge on any atom is -0.508 e. The molecule has 3 rings (SSSR count). The fourth-order valence-electron chi connectivity index (χ4n) is 3.29. The Morgan fingerprint density at radius 3 is 2.83 bits per heavy atom. The molecule has 0 saturated carbocycles. The first-order chi connectivity index (χ1) is 11.2. The van der Waals surface area contributed by atoms with Crippen molar-refractivity contribution >= 4 is 17.7 Å². The van der Waals surface area contributed by atoms with Gasteiger partial charge in [-0.1, -0.05) is 18.2 Å². The Bertz CT molecular complexity index is 540. The number of aromatic hydroxyl groups is 1. The van der Waals surface area contributed by atoms with Gasteiger partial charge in [0, 0.05) is 36.5 Å². The number of carbonyl (C=O) groups is 1. The van der Waals surface area contributed by atoms with E-state index >= 15 is 0 Å². The van der Waals surface area contributed by atoms with Crippen molar-refractivity contribution < 1.29 is 14.6 Å². The zero-order valence-corrected chi connectivity index (χ0v) is 14.1. The second-order valence-electron chi connectivity index (χ2n) is 6.21. The van der Waals surface area contributed by atoms with Crippen molar-refractivity contribution in [2.45, 2.75) is 18.4 Å². The number of hydrogen-bond donors (Lipinski definition) is 2. The number of amides is 1. The molecule has 2 N–H and O–H groups in total. The summed E-state index contributed by atoms with van der Waals surface area (Å²) >= 11 is 1.96. The Labute approximate surface area is 141 Å². The van der Waals surface area contributed by atoms with Gasteiger partial charge in [-0.25, -0.2) is 0 Å². The molecular formula is C17H24N2O3S. The lowest BCUT2D eigenvalue weighted by Crippen LogP contribution is -2.59. The molecule has 2 aliphatic rings. The predicted molar refractivity (Wildman–Crippen MR) is 91.9 cm³/mol. The first kappa shape index (κ1) is 16.6. The summed E-state index contributed by atoms with van der Waals surface area (Å²) in [6, 6.07) is 7.01. The fraction of sp³-hybridized carbons (Fsp3) is 0.588. The van der Waals surface area contributed by atoms with Crippen molar-refractivity contribution in [2.24, 2.45) is 0 Å². The van der Waals surface area contributed by atoms with Crippen LogP contribution in [0.4, 0.5) is 0 Å². The lowest BCUT2D eigenvalue weighted by Gasteiger charge is -2.43. The normalized spacial score (nSPS) is 25.4. The van der Waals surface area contributed by atoms with Crippen molar-refractivity contribution in [1.29, 1.82) is 0 Å².